The van der Waals surface area contributed by atoms with Gasteiger partial charge in [-0.2, -0.15) is 0 Å². The number of thioether (sulfide) groups is 1. The van der Waals surface area contributed by atoms with Gasteiger partial charge in [-0.15, -0.1) is 11.8 Å². The van der Waals surface area contributed by atoms with Crippen LogP contribution in [0.5, 0.6) is 0 Å². The molecule has 1 aliphatic carbocycles. The Bertz CT molecular complexity index is 438. The van der Waals surface area contributed by atoms with E-state index in [4.69, 9.17) is 4.74 Å². The average Bonchev–Trinajstić information content (AvgIpc) is 2.54. The second-order valence-electron chi connectivity index (χ2n) is 5.47. The number of hydrogen-bond donors (Lipinski definition) is 1. The Kier molecular flexibility index (Phi) is 6.58. The summed E-state index contributed by atoms with van der Waals surface area (Å²) in [7, 11) is 2.02. The maximum absolute atomic E-state index is 11.6. The van der Waals surface area contributed by atoms with Crippen LogP contribution in [0.15, 0.2) is 30.3 Å². The summed E-state index contributed by atoms with van der Waals surface area (Å²) in [6.45, 7) is 2.32. The van der Waals surface area contributed by atoms with Gasteiger partial charge in [0, 0.05) is 11.3 Å². The van der Waals surface area contributed by atoms with Crippen molar-refractivity contribution in [1.82, 2.24) is 5.32 Å². The Morgan fingerprint density at radius 2 is 2.10 bits per heavy atom. The van der Waals surface area contributed by atoms with E-state index < -0.39 is 0 Å². The maximum Gasteiger partial charge on any atom is 0.315 e. The summed E-state index contributed by atoms with van der Waals surface area (Å²) in [6, 6.07) is 11.2. The first-order chi connectivity index (χ1) is 10.2. The highest BCUT2D eigenvalue weighted by Crippen LogP contribution is 2.38. The van der Waals surface area contributed by atoms with Gasteiger partial charge in [-0.25, -0.2) is 0 Å². The maximum atomic E-state index is 11.6. The van der Waals surface area contributed by atoms with Crippen molar-refractivity contribution in [1.29, 1.82) is 0 Å². The minimum Gasteiger partial charge on any atom is -0.465 e. The summed E-state index contributed by atoms with van der Waals surface area (Å²) >= 11 is 1.74. The first-order valence-electron chi connectivity index (χ1n) is 7.74. The fourth-order valence-electron chi connectivity index (χ4n) is 3.05. The van der Waals surface area contributed by atoms with E-state index in [1.165, 1.54) is 12.0 Å². The number of ether oxygens (including phenoxy) is 1. The smallest absolute Gasteiger partial charge is 0.315 e. The zero-order chi connectivity index (χ0) is 15.1. The highest BCUT2D eigenvalue weighted by atomic mass is 32.2. The number of nitrogens with one attached hydrogen (secondary N) is 1. The molecule has 1 aromatic carbocycles. The molecule has 1 aliphatic rings. The standard InChI is InChI=1S/C17H25NO2S/c1-3-20-17(19)12-21-16-11-14(9-10-15(16)18-2)13-7-5-4-6-8-13/h4-8,14-16,18H,3,9-12H2,1-2H3. The van der Waals surface area contributed by atoms with Crippen molar-refractivity contribution in [2.75, 3.05) is 19.4 Å². The Balaban J connectivity index is 1.94. The van der Waals surface area contributed by atoms with Gasteiger partial charge < -0.3 is 10.1 Å². The van der Waals surface area contributed by atoms with Crippen molar-refractivity contribution in [3.8, 4) is 0 Å². The van der Waals surface area contributed by atoms with Crippen LogP contribution in [0, 0.1) is 0 Å². The van der Waals surface area contributed by atoms with Crippen LogP contribution in [0.1, 0.15) is 37.7 Å². The van der Waals surface area contributed by atoms with Gasteiger partial charge in [-0.3, -0.25) is 4.79 Å². The van der Waals surface area contributed by atoms with Gasteiger partial charge in [0.05, 0.1) is 12.4 Å². The SMILES string of the molecule is CCOC(=O)CSC1CC(c2ccccc2)CCC1NC. The highest BCUT2D eigenvalue weighted by Gasteiger charge is 2.31. The summed E-state index contributed by atoms with van der Waals surface area (Å²) in [4.78, 5) is 11.6. The van der Waals surface area contributed by atoms with Crippen LogP contribution in [-0.4, -0.2) is 36.7 Å². The molecule has 0 spiro atoms. The zero-order valence-electron chi connectivity index (χ0n) is 12.9. The van der Waals surface area contributed by atoms with Crippen molar-refractivity contribution in [3.05, 3.63) is 35.9 Å². The number of hydrogen-bond acceptors (Lipinski definition) is 4. The molecule has 1 saturated carbocycles. The lowest BCUT2D eigenvalue weighted by Crippen LogP contribution is -2.40. The van der Waals surface area contributed by atoms with Crippen LogP contribution in [0.2, 0.25) is 0 Å². The van der Waals surface area contributed by atoms with Gasteiger partial charge in [0.15, 0.2) is 0 Å². The minimum absolute atomic E-state index is 0.0980. The fraction of sp³-hybridized carbons (Fsp3) is 0.588. The molecule has 0 bridgehead atoms. The van der Waals surface area contributed by atoms with Crippen LogP contribution in [0.4, 0.5) is 0 Å². The average molecular weight is 307 g/mol. The first-order valence-corrected chi connectivity index (χ1v) is 8.79. The lowest BCUT2D eigenvalue weighted by molar-refractivity contribution is -0.139. The molecule has 0 aromatic heterocycles. The van der Waals surface area contributed by atoms with Crippen molar-refractivity contribution >= 4 is 17.7 Å². The van der Waals surface area contributed by atoms with Gasteiger partial charge in [0.1, 0.15) is 0 Å². The molecule has 2 rings (SSSR count). The number of esters is 1. The van der Waals surface area contributed by atoms with Gasteiger partial charge in [0.2, 0.25) is 0 Å². The first kappa shape index (κ1) is 16.4. The molecule has 4 heteroatoms. The van der Waals surface area contributed by atoms with Crippen molar-refractivity contribution < 1.29 is 9.53 Å². The van der Waals surface area contributed by atoms with E-state index in [0.717, 1.165) is 12.8 Å². The summed E-state index contributed by atoms with van der Waals surface area (Å²) in [5.41, 5.74) is 1.42. The molecule has 1 fully saturated rings. The van der Waals surface area contributed by atoms with Crippen LogP contribution in [0.3, 0.4) is 0 Å². The van der Waals surface area contributed by atoms with Gasteiger partial charge in [0.25, 0.3) is 0 Å². The predicted octanol–water partition coefficient (Wildman–Crippen LogP) is 3.21. The van der Waals surface area contributed by atoms with E-state index in [9.17, 15) is 4.79 Å². The largest absolute Gasteiger partial charge is 0.465 e. The Labute approximate surface area is 131 Å². The highest BCUT2D eigenvalue weighted by molar-refractivity contribution is 8.00. The van der Waals surface area contributed by atoms with E-state index in [1.807, 2.05) is 14.0 Å². The molecule has 1 aromatic rings. The van der Waals surface area contributed by atoms with E-state index in [-0.39, 0.29) is 5.97 Å². The Hall–Kier alpha value is -1.00. The summed E-state index contributed by atoms with van der Waals surface area (Å²) in [5.74, 6) is 0.966. The molecule has 0 heterocycles. The van der Waals surface area contributed by atoms with Crippen LogP contribution >= 0.6 is 11.8 Å². The van der Waals surface area contributed by atoms with Crippen molar-refractivity contribution in [2.45, 2.75) is 43.4 Å². The third-order valence-corrected chi connectivity index (χ3v) is 5.51. The summed E-state index contributed by atoms with van der Waals surface area (Å²) in [6.07, 6.45) is 3.50. The molecule has 0 amide bonds. The van der Waals surface area contributed by atoms with Crippen LogP contribution in [-0.2, 0) is 9.53 Å². The fourth-order valence-corrected chi connectivity index (χ4v) is 4.36. The predicted molar refractivity (Wildman–Crippen MR) is 88.8 cm³/mol. The number of carbonyl (C=O) groups excluding carboxylic acids is 1. The van der Waals surface area contributed by atoms with E-state index in [2.05, 4.69) is 35.6 Å². The van der Waals surface area contributed by atoms with E-state index in [0.29, 0.717) is 29.6 Å². The molecule has 3 nitrogen and oxygen atoms in total. The van der Waals surface area contributed by atoms with Crippen molar-refractivity contribution in [3.63, 3.8) is 0 Å². The molecule has 1 N–H and O–H groups in total. The van der Waals surface area contributed by atoms with E-state index >= 15 is 0 Å². The second-order valence-corrected chi connectivity index (χ2v) is 6.70. The number of benzene rings is 1. The molecular formula is C17H25NO2S. The molecule has 3 unspecified atom stereocenters. The molecule has 0 radical (unpaired) electrons. The molecule has 3 atom stereocenters. The normalized spacial score (nSPS) is 25.5. The molecule has 0 saturated heterocycles. The number of rotatable bonds is 6. The lowest BCUT2D eigenvalue weighted by Gasteiger charge is -2.35. The van der Waals surface area contributed by atoms with Crippen LogP contribution < -0.4 is 5.32 Å². The zero-order valence-corrected chi connectivity index (χ0v) is 13.7. The molecule has 21 heavy (non-hydrogen) atoms. The minimum atomic E-state index is -0.0980. The quantitative estimate of drug-likeness (QED) is 0.819. The van der Waals surface area contributed by atoms with Gasteiger partial charge in [-0.05, 0) is 44.7 Å². The summed E-state index contributed by atoms with van der Waals surface area (Å²) in [5, 5.41) is 3.88. The van der Waals surface area contributed by atoms with Gasteiger partial charge in [-0.1, -0.05) is 30.3 Å². The molecular weight excluding hydrogens is 282 g/mol. The van der Waals surface area contributed by atoms with Crippen LogP contribution in [0.25, 0.3) is 0 Å². The molecule has 116 valence electrons. The monoisotopic (exact) mass is 307 g/mol. The van der Waals surface area contributed by atoms with Crippen molar-refractivity contribution in [2.24, 2.45) is 0 Å². The number of carbonyl (C=O) groups is 1. The van der Waals surface area contributed by atoms with Gasteiger partial charge >= 0.3 is 5.97 Å². The molecule has 0 aliphatic heterocycles. The lowest BCUT2D eigenvalue weighted by atomic mass is 9.81. The van der Waals surface area contributed by atoms with E-state index in [1.54, 1.807) is 11.8 Å². The second kappa shape index (κ2) is 8.44. The Morgan fingerprint density at radius 3 is 2.76 bits per heavy atom. The Morgan fingerprint density at radius 1 is 1.33 bits per heavy atom. The topological polar surface area (TPSA) is 38.3 Å². The third kappa shape index (κ3) is 4.75. The summed E-state index contributed by atoms with van der Waals surface area (Å²) < 4.78 is 5.03. The third-order valence-electron chi connectivity index (χ3n) is 4.15.